The molecule has 1 heterocycles. The van der Waals surface area contributed by atoms with Crippen molar-refractivity contribution >= 4 is 5.97 Å². The minimum absolute atomic E-state index is 0.150. The lowest BCUT2D eigenvalue weighted by molar-refractivity contribution is -0.136. The van der Waals surface area contributed by atoms with E-state index >= 15 is 0 Å². The fourth-order valence-corrected chi connectivity index (χ4v) is 0.490. The molecule has 1 rings (SSSR count). The van der Waals surface area contributed by atoms with Gasteiger partial charge in [0.25, 0.3) is 0 Å². The standard InChI is InChI=1S/C5H5N3O2/c9-5(10)1-4-7-2-6-3-8-4/h2-3H,1H2,(H,9,10). The van der Waals surface area contributed by atoms with Crippen molar-refractivity contribution in [3.8, 4) is 0 Å². The van der Waals surface area contributed by atoms with E-state index in [2.05, 4.69) is 15.0 Å². The number of hydrogen-bond acceptors (Lipinski definition) is 4. The zero-order chi connectivity index (χ0) is 7.40. The second-order valence-electron chi connectivity index (χ2n) is 1.62. The molecular weight excluding hydrogens is 134 g/mol. The first-order valence-corrected chi connectivity index (χ1v) is 2.61. The predicted molar refractivity (Wildman–Crippen MR) is 31.2 cm³/mol. The van der Waals surface area contributed by atoms with Gasteiger partial charge in [0.1, 0.15) is 24.9 Å². The normalized spacial score (nSPS) is 9.20. The molecule has 0 aliphatic carbocycles. The molecule has 0 aliphatic rings. The first-order chi connectivity index (χ1) is 4.79. The number of carboxylic acid groups (broad SMARTS) is 1. The van der Waals surface area contributed by atoms with Crippen LogP contribution in [0.4, 0.5) is 0 Å². The fraction of sp³-hybridized carbons (Fsp3) is 0.200. The Morgan fingerprint density at radius 1 is 1.50 bits per heavy atom. The first kappa shape index (κ1) is 6.60. The second kappa shape index (κ2) is 2.86. The van der Waals surface area contributed by atoms with Gasteiger partial charge in [-0.3, -0.25) is 4.79 Å². The SMILES string of the molecule is O=C(O)Cc1ncncn1. The summed E-state index contributed by atoms with van der Waals surface area (Å²) in [6.07, 6.45) is 2.39. The van der Waals surface area contributed by atoms with E-state index < -0.39 is 5.97 Å². The third kappa shape index (κ3) is 1.77. The molecule has 0 fully saturated rings. The van der Waals surface area contributed by atoms with Crippen molar-refractivity contribution < 1.29 is 9.90 Å². The summed E-state index contributed by atoms with van der Waals surface area (Å²) >= 11 is 0. The van der Waals surface area contributed by atoms with Crippen LogP contribution < -0.4 is 0 Å². The van der Waals surface area contributed by atoms with Crippen molar-refractivity contribution in [2.75, 3.05) is 0 Å². The van der Waals surface area contributed by atoms with Gasteiger partial charge in [0.2, 0.25) is 0 Å². The van der Waals surface area contributed by atoms with Crippen LogP contribution in [-0.4, -0.2) is 26.0 Å². The predicted octanol–water partition coefficient (Wildman–Crippen LogP) is -0.501. The van der Waals surface area contributed by atoms with Gasteiger partial charge in [-0.1, -0.05) is 0 Å². The summed E-state index contributed by atoms with van der Waals surface area (Å²) in [6, 6.07) is 0. The van der Waals surface area contributed by atoms with Crippen molar-refractivity contribution in [3.05, 3.63) is 18.5 Å². The van der Waals surface area contributed by atoms with E-state index in [0.29, 0.717) is 0 Å². The van der Waals surface area contributed by atoms with Gasteiger partial charge in [-0.25, -0.2) is 15.0 Å². The van der Waals surface area contributed by atoms with Gasteiger partial charge in [0.15, 0.2) is 0 Å². The third-order valence-corrected chi connectivity index (χ3v) is 0.856. The number of aromatic nitrogens is 3. The summed E-state index contributed by atoms with van der Waals surface area (Å²) < 4.78 is 0. The van der Waals surface area contributed by atoms with Crippen LogP contribution in [-0.2, 0) is 11.2 Å². The van der Waals surface area contributed by atoms with E-state index in [1.807, 2.05) is 0 Å². The lowest BCUT2D eigenvalue weighted by Gasteiger charge is -1.90. The number of hydrogen-bond donors (Lipinski definition) is 1. The van der Waals surface area contributed by atoms with Crippen molar-refractivity contribution in [2.45, 2.75) is 6.42 Å². The summed E-state index contributed by atoms with van der Waals surface area (Å²) in [7, 11) is 0. The molecular formula is C5H5N3O2. The van der Waals surface area contributed by atoms with E-state index in [9.17, 15) is 4.79 Å². The van der Waals surface area contributed by atoms with Crippen LogP contribution in [0.1, 0.15) is 5.82 Å². The van der Waals surface area contributed by atoms with E-state index in [-0.39, 0.29) is 12.2 Å². The van der Waals surface area contributed by atoms with Crippen LogP contribution in [0.3, 0.4) is 0 Å². The number of rotatable bonds is 2. The number of nitrogens with zero attached hydrogens (tertiary/aromatic N) is 3. The Balaban J connectivity index is 2.67. The Hall–Kier alpha value is -1.52. The molecule has 0 bridgehead atoms. The van der Waals surface area contributed by atoms with E-state index in [1.54, 1.807) is 0 Å². The van der Waals surface area contributed by atoms with E-state index in [4.69, 9.17) is 5.11 Å². The van der Waals surface area contributed by atoms with Crippen LogP contribution in [0.2, 0.25) is 0 Å². The highest BCUT2D eigenvalue weighted by atomic mass is 16.4. The Morgan fingerprint density at radius 2 is 2.10 bits per heavy atom. The van der Waals surface area contributed by atoms with Crippen LogP contribution >= 0.6 is 0 Å². The highest BCUT2D eigenvalue weighted by Crippen LogP contribution is 1.85. The zero-order valence-corrected chi connectivity index (χ0v) is 5.06. The third-order valence-electron chi connectivity index (χ3n) is 0.856. The lowest BCUT2D eigenvalue weighted by atomic mass is 10.4. The molecule has 1 N–H and O–H groups in total. The van der Waals surface area contributed by atoms with Crippen LogP contribution in [0.15, 0.2) is 12.7 Å². The zero-order valence-electron chi connectivity index (χ0n) is 5.06. The molecule has 1 aromatic heterocycles. The van der Waals surface area contributed by atoms with Crippen molar-refractivity contribution in [1.82, 2.24) is 15.0 Å². The average Bonchev–Trinajstić information content (AvgIpc) is 1.88. The lowest BCUT2D eigenvalue weighted by Crippen LogP contribution is -2.04. The molecule has 0 radical (unpaired) electrons. The molecule has 0 unspecified atom stereocenters. The summed E-state index contributed by atoms with van der Waals surface area (Å²) in [6.45, 7) is 0. The van der Waals surface area contributed by atoms with Gasteiger partial charge in [-0.2, -0.15) is 0 Å². The highest BCUT2D eigenvalue weighted by molar-refractivity contribution is 5.68. The average molecular weight is 139 g/mol. The molecule has 0 amide bonds. The molecule has 5 heteroatoms. The Labute approximate surface area is 56.8 Å². The number of aliphatic carboxylic acids is 1. The van der Waals surface area contributed by atoms with Crippen LogP contribution in [0.25, 0.3) is 0 Å². The minimum atomic E-state index is -0.939. The molecule has 0 saturated heterocycles. The topological polar surface area (TPSA) is 76.0 Å². The monoisotopic (exact) mass is 139 g/mol. The highest BCUT2D eigenvalue weighted by Gasteiger charge is 2.00. The van der Waals surface area contributed by atoms with E-state index in [0.717, 1.165) is 0 Å². The van der Waals surface area contributed by atoms with Gasteiger partial charge in [-0.15, -0.1) is 0 Å². The molecule has 0 spiro atoms. The van der Waals surface area contributed by atoms with E-state index in [1.165, 1.54) is 12.7 Å². The van der Waals surface area contributed by atoms with Gasteiger partial charge < -0.3 is 5.11 Å². The van der Waals surface area contributed by atoms with Gasteiger partial charge in [0, 0.05) is 0 Å². The fourth-order valence-electron chi connectivity index (χ4n) is 0.490. The number of carboxylic acids is 1. The molecule has 0 atom stereocenters. The maximum Gasteiger partial charge on any atom is 0.311 e. The number of carbonyl (C=O) groups is 1. The largest absolute Gasteiger partial charge is 0.481 e. The molecule has 1 aromatic rings. The van der Waals surface area contributed by atoms with Crippen molar-refractivity contribution in [3.63, 3.8) is 0 Å². The van der Waals surface area contributed by atoms with Gasteiger partial charge >= 0.3 is 5.97 Å². The maximum atomic E-state index is 10.1. The Morgan fingerprint density at radius 3 is 2.60 bits per heavy atom. The maximum absolute atomic E-state index is 10.1. The van der Waals surface area contributed by atoms with Gasteiger partial charge in [0.05, 0.1) is 0 Å². The smallest absolute Gasteiger partial charge is 0.311 e. The molecule has 52 valence electrons. The van der Waals surface area contributed by atoms with Crippen molar-refractivity contribution in [1.29, 1.82) is 0 Å². The van der Waals surface area contributed by atoms with Crippen LogP contribution in [0, 0.1) is 0 Å². The molecule has 0 aliphatic heterocycles. The molecule has 10 heavy (non-hydrogen) atoms. The van der Waals surface area contributed by atoms with Gasteiger partial charge in [-0.05, 0) is 0 Å². The Kier molecular flexibility index (Phi) is 1.89. The summed E-state index contributed by atoms with van der Waals surface area (Å²) in [4.78, 5) is 20.8. The Bertz CT molecular complexity index is 224. The summed E-state index contributed by atoms with van der Waals surface area (Å²) in [5, 5.41) is 8.27. The van der Waals surface area contributed by atoms with Crippen molar-refractivity contribution in [2.24, 2.45) is 0 Å². The minimum Gasteiger partial charge on any atom is -0.481 e. The first-order valence-electron chi connectivity index (χ1n) is 2.61. The molecule has 5 nitrogen and oxygen atoms in total. The van der Waals surface area contributed by atoms with Crippen LogP contribution in [0.5, 0.6) is 0 Å². The second-order valence-corrected chi connectivity index (χ2v) is 1.62. The quantitative estimate of drug-likeness (QED) is 0.597. The molecule has 0 aromatic carbocycles. The summed E-state index contributed by atoms with van der Waals surface area (Å²) in [5.74, 6) is -0.659. The molecule has 0 saturated carbocycles. The summed E-state index contributed by atoms with van der Waals surface area (Å²) in [5.41, 5.74) is 0.